The van der Waals surface area contributed by atoms with E-state index >= 15 is 0 Å². The number of amides is 3. The molecule has 0 spiro atoms. The zero-order chi connectivity index (χ0) is 26.2. The summed E-state index contributed by atoms with van der Waals surface area (Å²) in [6.07, 6.45) is 5.32. The second-order valence-electron chi connectivity index (χ2n) is 10.7. The number of anilines is 2. The highest BCUT2D eigenvalue weighted by molar-refractivity contribution is 5.97. The van der Waals surface area contributed by atoms with Gasteiger partial charge >= 0.3 is 6.09 Å². The van der Waals surface area contributed by atoms with Crippen LogP contribution in [0.1, 0.15) is 81.9 Å². The second-order valence-corrected chi connectivity index (χ2v) is 10.7. The van der Waals surface area contributed by atoms with Crippen molar-refractivity contribution in [2.75, 3.05) is 23.9 Å². The molecule has 2 saturated carbocycles. The van der Waals surface area contributed by atoms with E-state index in [1.54, 1.807) is 12.0 Å². The number of carbonyl (C=O) groups excluding carboxylic acids is 3. The number of methoxy groups -OCH3 is 1. The fourth-order valence-electron chi connectivity index (χ4n) is 5.20. The Hall–Kier alpha value is -3.56. The van der Waals surface area contributed by atoms with Gasteiger partial charge in [0.1, 0.15) is 11.9 Å². The maximum Gasteiger partial charge on any atom is 0.407 e. The number of ether oxygens (including phenoxy) is 2. The third kappa shape index (κ3) is 5.57. The van der Waals surface area contributed by atoms with E-state index < -0.39 is 5.92 Å². The van der Waals surface area contributed by atoms with Gasteiger partial charge in [-0.3, -0.25) is 14.7 Å². The average molecular weight is 510 g/mol. The van der Waals surface area contributed by atoms with E-state index in [1.165, 1.54) is 0 Å². The Morgan fingerprint density at radius 1 is 1.24 bits per heavy atom. The van der Waals surface area contributed by atoms with E-state index in [4.69, 9.17) is 9.47 Å². The smallest absolute Gasteiger partial charge is 0.407 e. The third-order valence-corrected chi connectivity index (χ3v) is 7.81. The van der Waals surface area contributed by atoms with Gasteiger partial charge < -0.3 is 25.0 Å². The normalized spacial score (nSPS) is 23.0. The first kappa shape index (κ1) is 25.1. The Balaban J connectivity index is 1.17. The summed E-state index contributed by atoms with van der Waals surface area (Å²) < 4.78 is 11.2. The van der Waals surface area contributed by atoms with Crippen LogP contribution in [0, 0.1) is 0 Å². The van der Waals surface area contributed by atoms with Crippen molar-refractivity contribution in [3.63, 3.8) is 0 Å². The van der Waals surface area contributed by atoms with E-state index in [2.05, 4.69) is 20.8 Å². The quantitative estimate of drug-likeness (QED) is 0.490. The zero-order valence-electron chi connectivity index (χ0n) is 21.6. The molecule has 3 fully saturated rings. The van der Waals surface area contributed by atoms with Crippen molar-refractivity contribution >= 4 is 29.4 Å². The van der Waals surface area contributed by atoms with Crippen molar-refractivity contribution in [1.29, 1.82) is 0 Å². The number of benzene rings is 1. The number of aromatic nitrogens is 2. The molecule has 3 atom stereocenters. The third-order valence-electron chi connectivity index (χ3n) is 7.81. The molecule has 1 aromatic carbocycles. The summed E-state index contributed by atoms with van der Waals surface area (Å²) in [5.74, 6) is 0.610. The van der Waals surface area contributed by atoms with Crippen molar-refractivity contribution in [3.8, 4) is 5.75 Å². The van der Waals surface area contributed by atoms with Gasteiger partial charge in [0.05, 0.1) is 13.0 Å². The van der Waals surface area contributed by atoms with Gasteiger partial charge in [-0.1, -0.05) is 6.07 Å². The van der Waals surface area contributed by atoms with Gasteiger partial charge in [-0.2, -0.15) is 5.10 Å². The maximum atomic E-state index is 13.0. The molecule has 1 aromatic heterocycles. The largest absolute Gasteiger partial charge is 0.496 e. The van der Waals surface area contributed by atoms with Gasteiger partial charge in [0, 0.05) is 53.5 Å². The molecule has 2 aromatic rings. The van der Waals surface area contributed by atoms with Gasteiger partial charge in [-0.25, -0.2) is 4.79 Å². The van der Waals surface area contributed by atoms with Crippen LogP contribution in [0.2, 0.25) is 0 Å². The lowest BCUT2D eigenvalue weighted by Gasteiger charge is -2.20. The summed E-state index contributed by atoms with van der Waals surface area (Å²) in [7, 11) is 1.56. The summed E-state index contributed by atoms with van der Waals surface area (Å²) >= 11 is 0. The van der Waals surface area contributed by atoms with Crippen LogP contribution in [-0.2, 0) is 14.3 Å². The SMILES string of the molecule is COc1cc(N2CCCC2=O)ccc1C(C)C(=O)Nc1cc([C@@H]2CC[C@@H](OC(=O)NC3(C)CC3)C2)[nH]n1. The van der Waals surface area contributed by atoms with E-state index in [0.29, 0.717) is 24.5 Å². The summed E-state index contributed by atoms with van der Waals surface area (Å²) in [5.41, 5.74) is 2.34. The number of hydrogen-bond acceptors (Lipinski definition) is 6. The van der Waals surface area contributed by atoms with Crippen molar-refractivity contribution in [1.82, 2.24) is 15.5 Å². The second kappa shape index (κ2) is 10.1. The molecule has 10 nitrogen and oxygen atoms in total. The van der Waals surface area contributed by atoms with Gasteiger partial charge in [0.25, 0.3) is 0 Å². The predicted octanol–water partition coefficient (Wildman–Crippen LogP) is 4.20. The first-order valence-electron chi connectivity index (χ1n) is 13.1. The Bertz CT molecular complexity index is 1190. The number of rotatable bonds is 8. The monoisotopic (exact) mass is 509 g/mol. The van der Waals surface area contributed by atoms with Gasteiger partial charge in [-0.15, -0.1) is 0 Å². The molecule has 10 heteroatoms. The number of carbonyl (C=O) groups is 3. The van der Waals surface area contributed by atoms with E-state index in [9.17, 15) is 14.4 Å². The lowest BCUT2D eigenvalue weighted by atomic mass is 9.98. The molecule has 0 radical (unpaired) electrons. The minimum Gasteiger partial charge on any atom is -0.496 e. The molecule has 1 saturated heterocycles. The predicted molar refractivity (Wildman–Crippen MR) is 138 cm³/mol. The van der Waals surface area contributed by atoms with Crippen LogP contribution in [0.4, 0.5) is 16.3 Å². The van der Waals surface area contributed by atoms with Crippen molar-refractivity contribution in [2.24, 2.45) is 0 Å². The van der Waals surface area contributed by atoms with Crippen LogP contribution >= 0.6 is 0 Å². The fourth-order valence-corrected chi connectivity index (χ4v) is 5.20. The van der Waals surface area contributed by atoms with Gasteiger partial charge in [0.15, 0.2) is 5.82 Å². The van der Waals surface area contributed by atoms with Crippen molar-refractivity contribution < 1.29 is 23.9 Å². The standard InChI is InChI=1S/C27H35N5O5/c1-16(20-9-7-18(14-22(20)36-3)32-12-4-5-24(32)33)25(34)28-23-15-21(30-31-23)17-6-8-19(13-17)37-26(35)29-27(2)10-11-27/h7,9,14-17,19H,4-6,8,10-13H2,1-3H3,(H,29,35)(H2,28,30,31,34)/t16?,17-,19-/m1/s1. The number of alkyl carbamates (subject to hydrolysis) is 1. The lowest BCUT2D eigenvalue weighted by molar-refractivity contribution is -0.118. The summed E-state index contributed by atoms with van der Waals surface area (Å²) in [5, 5.41) is 13.1. The van der Waals surface area contributed by atoms with Crippen LogP contribution < -0.4 is 20.3 Å². The van der Waals surface area contributed by atoms with Gasteiger partial charge in [-0.05, 0) is 58.4 Å². The molecular formula is C27H35N5O5. The molecule has 198 valence electrons. The lowest BCUT2D eigenvalue weighted by Crippen LogP contribution is -2.36. The highest BCUT2D eigenvalue weighted by Crippen LogP contribution is 2.38. The van der Waals surface area contributed by atoms with E-state index in [0.717, 1.165) is 55.5 Å². The molecule has 3 aliphatic rings. The van der Waals surface area contributed by atoms with Crippen molar-refractivity contribution in [2.45, 2.75) is 82.3 Å². The van der Waals surface area contributed by atoms with Crippen LogP contribution in [0.5, 0.6) is 5.75 Å². The molecule has 1 unspecified atom stereocenters. The molecule has 3 amide bonds. The Labute approximate surface area is 216 Å². The maximum absolute atomic E-state index is 13.0. The molecule has 3 N–H and O–H groups in total. The molecular weight excluding hydrogens is 474 g/mol. The Morgan fingerprint density at radius 3 is 2.76 bits per heavy atom. The molecule has 0 bridgehead atoms. The van der Waals surface area contributed by atoms with Crippen LogP contribution in [0.3, 0.4) is 0 Å². The highest BCUT2D eigenvalue weighted by Gasteiger charge is 2.40. The first-order chi connectivity index (χ1) is 17.7. The summed E-state index contributed by atoms with van der Waals surface area (Å²) in [4.78, 5) is 39.0. The van der Waals surface area contributed by atoms with Crippen LogP contribution in [0.15, 0.2) is 24.3 Å². The Morgan fingerprint density at radius 2 is 2.05 bits per heavy atom. The molecule has 37 heavy (non-hydrogen) atoms. The minimum atomic E-state index is -0.491. The minimum absolute atomic E-state index is 0.0955. The van der Waals surface area contributed by atoms with Crippen LogP contribution in [0.25, 0.3) is 0 Å². The summed E-state index contributed by atoms with van der Waals surface area (Å²) in [6.45, 7) is 4.53. The average Bonchev–Trinajstić information content (AvgIpc) is 3.28. The van der Waals surface area contributed by atoms with E-state index in [-0.39, 0.29) is 35.5 Å². The zero-order valence-corrected chi connectivity index (χ0v) is 21.6. The number of aromatic amines is 1. The molecule has 2 aliphatic carbocycles. The van der Waals surface area contributed by atoms with Crippen LogP contribution in [-0.4, -0.2) is 53.4 Å². The Kier molecular flexibility index (Phi) is 6.83. The van der Waals surface area contributed by atoms with E-state index in [1.807, 2.05) is 38.1 Å². The first-order valence-corrected chi connectivity index (χ1v) is 13.1. The number of H-pyrrole nitrogens is 1. The number of hydrogen-bond donors (Lipinski definition) is 3. The molecule has 5 rings (SSSR count). The molecule has 2 heterocycles. The van der Waals surface area contributed by atoms with Gasteiger partial charge in [0.2, 0.25) is 11.8 Å². The fraction of sp³-hybridized carbons (Fsp3) is 0.556. The number of nitrogens with one attached hydrogen (secondary N) is 3. The van der Waals surface area contributed by atoms with Crippen molar-refractivity contribution in [3.05, 3.63) is 35.5 Å². The topological polar surface area (TPSA) is 126 Å². The highest BCUT2D eigenvalue weighted by atomic mass is 16.6. The molecule has 1 aliphatic heterocycles. The summed E-state index contributed by atoms with van der Waals surface area (Å²) in [6, 6.07) is 7.38. The number of nitrogens with zero attached hydrogens (tertiary/aromatic N) is 2.